The van der Waals surface area contributed by atoms with E-state index in [4.69, 9.17) is 16.9 Å². The molecule has 0 saturated heterocycles. The number of nitriles is 1. The second-order valence-corrected chi connectivity index (χ2v) is 2.76. The highest BCUT2D eigenvalue weighted by Crippen LogP contribution is 2.30. The zero-order chi connectivity index (χ0) is 11.6. The molecule has 0 N–H and O–H groups in total. The van der Waals surface area contributed by atoms with Gasteiger partial charge in [-0.25, -0.2) is 13.8 Å². The maximum atomic E-state index is 12.3. The SMILES string of the molecule is N#Cc1cc([N+](=O)[O-])c(C(F)F)nc1Cl. The van der Waals surface area contributed by atoms with E-state index in [-0.39, 0.29) is 5.56 Å². The smallest absolute Gasteiger partial charge is 0.258 e. The van der Waals surface area contributed by atoms with Crippen molar-refractivity contribution >= 4 is 17.3 Å². The molecule has 0 bridgehead atoms. The van der Waals surface area contributed by atoms with Crippen LogP contribution in [0.3, 0.4) is 0 Å². The Labute approximate surface area is 87.1 Å². The van der Waals surface area contributed by atoms with Gasteiger partial charge in [0.1, 0.15) is 11.2 Å². The van der Waals surface area contributed by atoms with Crippen LogP contribution in [0, 0.1) is 21.4 Å². The number of aromatic nitrogens is 1. The predicted molar refractivity (Wildman–Crippen MR) is 45.6 cm³/mol. The molecule has 0 unspecified atom stereocenters. The summed E-state index contributed by atoms with van der Waals surface area (Å²) in [6.07, 6.45) is -3.12. The number of pyridine rings is 1. The van der Waals surface area contributed by atoms with E-state index in [9.17, 15) is 18.9 Å². The molecule has 0 spiro atoms. The number of hydrogen-bond donors (Lipinski definition) is 0. The van der Waals surface area contributed by atoms with E-state index in [0.29, 0.717) is 6.07 Å². The van der Waals surface area contributed by atoms with Gasteiger partial charge < -0.3 is 0 Å². The van der Waals surface area contributed by atoms with E-state index in [2.05, 4.69) is 4.98 Å². The summed E-state index contributed by atoms with van der Waals surface area (Å²) in [4.78, 5) is 12.5. The first-order chi connectivity index (χ1) is 6.97. The van der Waals surface area contributed by atoms with Gasteiger partial charge in [-0.1, -0.05) is 11.6 Å². The predicted octanol–water partition coefficient (Wildman–Crippen LogP) is 2.45. The number of nitrogens with zero attached hydrogens (tertiary/aromatic N) is 3. The standard InChI is InChI=1S/C7H2ClF2N3O2/c8-6-3(2-11)1-4(13(14)15)5(12-6)7(9)10/h1,7H. The topological polar surface area (TPSA) is 79.8 Å². The van der Waals surface area contributed by atoms with Gasteiger partial charge in [0.05, 0.1) is 10.5 Å². The summed E-state index contributed by atoms with van der Waals surface area (Å²) < 4.78 is 24.6. The average Bonchev–Trinajstić information content (AvgIpc) is 2.16. The van der Waals surface area contributed by atoms with Gasteiger partial charge in [0.25, 0.3) is 12.1 Å². The normalized spacial score (nSPS) is 10.1. The molecule has 15 heavy (non-hydrogen) atoms. The van der Waals surface area contributed by atoms with Crippen molar-refractivity contribution in [2.24, 2.45) is 0 Å². The summed E-state index contributed by atoms with van der Waals surface area (Å²) in [5.74, 6) is 0. The highest BCUT2D eigenvalue weighted by Gasteiger charge is 2.25. The molecule has 1 aromatic rings. The van der Waals surface area contributed by atoms with Crippen molar-refractivity contribution in [2.75, 3.05) is 0 Å². The molecule has 0 fully saturated rings. The van der Waals surface area contributed by atoms with E-state index in [1.165, 1.54) is 6.07 Å². The van der Waals surface area contributed by atoms with Gasteiger partial charge in [0.15, 0.2) is 5.69 Å². The summed E-state index contributed by atoms with van der Waals surface area (Å²) in [6, 6.07) is 2.19. The molecule has 1 rings (SSSR count). The van der Waals surface area contributed by atoms with E-state index in [1.807, 2.05) is 0 Å². The molecule has 0 aliphatic carbocycles. The zero-order valence-electron chi connectivity index (χ0n) is 6.95. The molecule has 78 valence electrons. The van der Waals surface area contributed by atoms with E-state index < -0.39 is 27.9 Å². The van der Waals surface area contributed by atoms with Crippen molar-refractivity contribution in [3.05, 3.63) is 32.6 Å². The Hall–Kier alpha value is -1.81. The minimum atomic E-state index is -3.12. The molecule has 0 atom stereocenters. The van der Waals surface area contributed by atoms with Crippen LogP contribution in [0.4, 0.5) is 14.5 Å². The first kappa shape index (κ1) is 11.3. The van der Waals surface area contributed by atoms with Gasteiger partial charge in [0, 0.05) is 6.07 Å². The van der Waals surface area contributed by atoms with Crippen molar-refractivity contribution in [2.45, 2.75) is 6.43 Å². The van der Waals surface area contributed by atoms with Gasteiger partial charge >= 0.3 is 0 Å². The molecular weight excluding hydrogens is 232 g/mol. The highest BCUT2D eigenvalue weighted by molar-refractivity contribution is 6.30. The minimum Gasteiger partial charge on any atom is -0.258 e. The van der Waals surface area contributed by atoms with Crippen molar-refractivity contribution in [3.8, 4) is 6.07 Å². The number of rotatable bonds is 2. The fourth-order valence-corrected chi connectivity index (χ4v) is 1.07. The molecule has 0 aliphatic heterocycles. The maximum absolute atomic E-state index is 12.3. The monoisotopic (exact) mass is 233 g/mol. The van der Waals surface area contributed by atoms with Crippen molar-refractivity contribution < 1.29 is 13.7 Å². The lowest BCUT2D eigenvalue weighted by molar-refractivity contribution is -0.386. The third-order valence-corrected chi connectivity index (χ3v) is 1.80. The molecule has 1 heterocycles. The third kappa shape index (κ3) is 2.16. The third-order valence-electron chi connectivity index (χ3n) is 1.51. The lowest BCUT2D eigenvalue weighted by Gasteiger charge is -2.02. The van der Waals surface area contributed by atoms with Gasteiger partial charge in [-0.15, -0.1) is 0 Å². The lowest BCUT2D eigenvalue weighted by atomic mass is 10.2. The Morgan fingerprint density at radius 1 is 1.67 bits per heavy atom. The molecule has 0 aliphatic rings. The van der Waals surface area contributed by atoms with E-state index >= 15 is 0 Å². The molecular formula is C7H2ClF2N3O2. The van der Waals surface area contributed by atoms with E-state index in [1.54, 1.807) is 0 Å². The Morgan fingerprint density at radius 3 is 2.67 bits per heavy atom. The number of halogens is 3. The van der Waals surface area contributed by atoms with Crippen molar-refractivity contribution in [1.29, 1.82) is 5.26 Å². The number of hydrogen-bond acceptors (Lipinski definition) is 4. The van der Waals surface area contributed by atoms with Gasteiger partial charge in [-0.2, -0.15) is 5.26 Å². The summed E-state index contributed by atoms with van der Waals surface area (Å²) in [6.45, 7) is 0. The fraction of sp³-hybridized carbons (Fsp3) is 0.143. The maximum Gasteiger partial charge on any atom is 0.298 e. The summed E-state index contributed by atoms with van der Waals surface area (Å²) in [5, 5.41) is 18.4. The fourth-order valence-electron chi connectivity index (χ4n) is 0.879. The van der Waals surface area contributed by atoms with Crippen molar-refractivity contribution in [1.82, 2.24) is 4.98 Å². The van der Waals surface area contributed by atoms with Crippen LogP contribution >= 0.6 is 11.6 Å². The highest BCUT2D eigenvalue weighted by atomic mass is 35.5. The molecule has 1 aromatic heterocycles. The largest absolute Gasteiger partial charge is 0.298 e. The minimum absolute atomic E-state index is 0.312. The molecule has 0 aromatic carbocycles. The van der Waals surface area contributed by atoms with Crippen LogP contribution < -0.4 is 0 Å². The molecule has 8 heteroatoms. The van der Waals surface area contributed by atoms with Crippen LogP contribution in [-0.2, 0) is 0 Å². The van der Waals surface area contributed by atoms with Crippen LogP contribution in [-0.4, -0.2) is 9.91 Å². The van der Waals surface area contributed by atoms with Gasteiger partial charge in [-0.3, -0.25) is 10.1 Å². The van der Waals surface area contributed by atoms with Crippen LogP contribution in [0.2, 0.25) is 5.15 Å². The average molecular weight is 234 g/mol. The summed E-state index contributed by atoms with van der Waals surface area (Å²) >= 11 is 5.36. The quantitative estimate of drug-likeness (QED) is 0.446. The van der Waals surface area contributed by atoms with Crippen LogP contribution in [0.25, 0.3) is 0 Å². The second-order valence-electron chi connectivity index (χ2n) is 2.40. The molecule has 0 saturated carbocycles. The molecule has 0 radical (unpaired) electrons. The summed E-state index contributed by atoms with van der Waals surface area (Å²) in [5.41, 5.74) is -2.26. The zero-order valence-corrected chi connectivity index (χ0v) is 7.70. The first-order valence-electron chi connectivity index (χ1n) is 3.50. The second kappa shape index (κ2) is 4.14. The Bertz CT molecular complexity index is 458. The number of nitro groups is 1. The van der Waals surface area contributed by atoms with E-state index in [0.717, 1.165) is 0 Å². The van der Waals surface area contributed by atoms with Crippen LogP contribution in [0.15, 0.2) is 6.07 Å². The lowest BCUT2D eigenvalue weighted by Crippen LogP contribution is -2.01. The van der Waals surface area contributed by atoms with Crippen LogP contribution in [0.1, 0.15) is 17.7 Å². The van der Waals surface area contributed by atoms with Crippen molar-refractivity contribution in [3.63, 3.8) is 0 Å². The number of alkyl halides is 2. The summed E-state index contributed by atoms with van der Waals surface area (Å²) in [7, 11) is 0. The molecule has 5 nitrogen and oxygen atoms in total. The Kier molecular flexibility index (Phi) is 3.11. The Morgan fingerprint density at radius 2 is 2.27 bits per heavy atom. The van der Waals surface area contributed by atoms with Gasteiger partial charge in [-0.05, 0) is 0 Å². The van der Waals surface area contributed by atoms with Gasteiger partial charge in [0.2, 0.25) is 0 Å². The first-order valence-corrected chi connectivity index (χ1v) is 3.88. The molecule has 0 amide bonds. The van der Waals surface area contributed by atoms with Crippen LogP contribution in [0.5, 0.6) is 0 Å². The Balaban J connectivity index is 3.47.